The van der Waals surface area contributed by atoms with Gasteiger partial charge in [0.05, 0.1) is 6.61 Å². The van der Waals surface area contributed by atoms with Crippen LogP contribution < -0.4 is 5.32 Å². The fourth-order valence-corrected chi connectivity index (χ4v) is 0.900. The molecule has 3 N–H and O–H groups in total. The van der Waals surface area contributed by atoms with Crippen molar-refractivity contribution in [2.75, 3.05) is 13.2 Å². The Kier molecular flexibility index (Phi) is 5.46. The van der Waals surface area contributed by atoms with E-state index >= 15 is 0 Å². The number of amides is 1. The van der Waals surface area contributed by atoms with Gasteiger partial charge in [-0.15, -0.1) is 0 Å². The van der Waals surface area contributed by atoms with Gasteiger partial charge >= 0.3 is 0 Å². The van der Waals surface area contributed by atoms with Gasteiger partial charge in [0.1, 0.15) is 11.9 Å². The van der Waals surface area contributed by atoms with Crippen LogP contribution in [0.1, 0.15) is 27.2 Å². The maximum Gasteiger partial charge on any atom is 0.249 e. The fraction of sp³-hybridized carbons (Fsp3) is 0.800. The van der Waals surface area contributed by atoms with Crippen LogP contribution in [0.4, 0.5) is 0 Å². The highest BCUT2D eigenvalue weighted by Crippen LogP contribution is 2.19. The van der Waals surface area contributed by atoms with Crippen LogP contribution in [-0.4, -0.2) is 41.2 Å². The minimum Gasteiger partial charge on any atom is -0.396 e. The monoisotopic (exact) mass is 217 g/mol. The van der Waals surface area contributed by atoms with Crippen molar-refractivity contribution >= 4 is 11.7 Å². The summed E-state index contributed by atoms with van der Waals surface area (Å²) in [5, 5.41) is 20.9. The van der Waals surface area contributed by atoms with E-state index in [2.05, 4.69) is 5.32 Å². The number of hydrogen-bond donors (Lipinski definition) is 3. The largest absolute Gasteiger partial charge is 0.396 e. The molecule has 0 aromatic carbocycles. The molecule has 1 atom stereocenters. The van der Waals surface area contributed by atoms with Crippen LogP contribution in [0.3, 0.4) is 0 Å². The highest BCUT2D eigenvalue weighted by molar-refractivity contribution is 5.82. The maximum absolute atomic E-state index is 11.3. The van der Waals surface area contributed by atoms with Crippen LogP contribution in [0.5, 0.6) is 0 Å². The average Bonchev–Trinajstić information content (AvgIpc) is 2.15. The molecule has 0 fully saturated rings. The number of carbonyl (C=O) groups excluding carboxylic acids is 2. The lowest BCUT2D eigenvalue weighted by Crippen LogP contribution is -2.45. The zero-order chi connectivity index (χ0) is 12.1. The molecule has 1 amide bonds. The van der Waals surface area contributed by atoms with Crippen molar-refractivity contribution in [2.45, 2.75) is 33.3 Å². The van der Waals surface area contributed by atoms with Gasteiger partial charge in [-0.25, -0.2) is 0 Å². The third-order valence-electron chi connectivity index (χ3n) is 2.17. The zero-order valence-electron chi connectivity index (χ0n) is 9.41. The van der Waals surface area contributed by atoms with E-state index < -0.39 is 17.4 Å². The minimum atomic E-state index is -1.27. The molecular weight excluding hydrogens is 198 g/mol. The molecule has 5 heteroatoms. The summed E-state index contributed by atoms with van der Waals surface area (Å²) in [6.45, 7) is 4.53. The maximum atomic E-state index is 11.3. The normalized spacial score (nSPS) is 13.4. The van der Waals surface area contributed by atoms with Crippen LogP contribution in [0, 0.1) is 5.41 Å². The second kappa shape index (κ2) is 5.82. The van der Waals surface area contributed by atoms with E-state index in [9.17, 15) is 14.7 Å². The van der Waals surface area contributed by atoms with Gasteiger partial charge in [-0.2, -0.15) is 0 Å². The van der Waals surface area contributed by atoms with Crippen molar-refractivity contribution in [1.82, 2.24) is 5.32 Å². The Morgan fingerprint density at radius 2 is 1.93 bits per heavy atom. The SMILES string of the molecule is CC(=O)CCNC(=O)[C@@H](O)C(C)(C)CO. The predicted molar refractivity (Wildman–Crippen MR) is 55.2 cm³/mol. The number of nitrogens with one attached hydrogen (secondary N) is 1. The lowest BCUT2D eigenvalue weighted by molar-refractivity contribution is -0.137. The Balaban J connectivity index is 4.05. The van der Waals surface area contributed by atoms with E-state index in [1.165, 1.54) is 6.92 Å². The number of Topliss-reactive ketones (excluding diaryl/α,β-unsaturated/α-hetero) is 1. The van der Waals surface area contributed by atoms with Crippen LogP contribution in [0.15, 0.2) is 0 Å². The zero-order valence-corrected chi connectivity index (χ0v) is 9.41. The molecule has 0 spiro atoms. The summed E-state index contributed by atoms with van der Waals surface area (Å²) in [5.74, 6) is -0.582. The Bertz CT molecular complexity index is 238. The Hall–Kier alpha value is -0.940. The fourth-order valence-electron chi connectivity index (χ4n) is 0.900. The van der Waals surface area contributed by atoms with Crippen molar-refractivity contribution in [1.29, 1.82) is 0 Å². The third-order valence-corrected chi connectivity index (χ3v) is 2.17. The van der Waals surface area contributed by atoms with Gasteiger partial charge in [0.2, 0.25) is 5.91 Å². The van der Waals surface area contributed by atoms with Gasteiger partial charge in [0, 0.05) is 18.4 Å². The van der Waals surface area contributed by atoms with Gasteiger partial charge in [0.15, 0.2) is 0 Å². The summed E-state index contributed by atoms with van der Waals surface area (Å²) in [6, 6.07) is 0. The van der Waals surface area contributed by atoms with Crippen LogP contribution >= 0.6 is 0 Å². The number of ketones is 1. The number of rotatable bonds is 6. The second-order valence-corrected chi connectivity index (χ2v) is 4.29. The van der Waals surface area contributed by atoms with Crippen LogP contribution in [0.25, 0.3) is 0 Å². The van der Waals surface area contributed by atoms with E-state index in [-0.39, 0.29) is 25.4 Å². The molecule has 5 nitrogen and oxygen atoms in total. The second-order valence-electron chi connectivity index (χ2n) is 4.29. The first-order valence-electron chi connectivity index (χ1n) is 4.87. The molecular formula is C10H19NO4. The van der Waals surface area contributed by atoms with E-state index in [1.807, 2.05) is 0 Å². The molecule has 0 aliphatic carbocycles. The number of carbonyl (C=O) groups is 2. The molecule has 0 saturated heterocycles. The summed E-state index contributed by atoms with van der Waals surface area (Å²) in [7, 11) is 0. The first-order valence-corrected chi connectivity index (χ1v) is 4.87. The van der Waals surface area contributed by atoms with Crippen molar-refractivity contribution < 1.29 is 19.8 Å². The topological polar surface area (TPSA) is 86.6 Å². The van der Waals surface area contributed by atoms with Crippen molar-refractivity contribution in [3.8, 4) is 0 Å². The molecule has 0 saturated carbocycles. The third kappa shape index (κ3) is 4.90. The summed E-state index contributed by atoms with van der Waals surface area (Å²) < 4.78 is 0. The Morgan fingerprint density at radius 3 is 2.33 bits per heavy atom. The number of hydrogen-bond acceptors (Lipinski definition) is 4. The molecule has 0 unspecified atom stereocenters. The van der Waals surface area contributed by atoms with Gasteiger partial charge < -0.3 is 15.5 Å². The van der Waals surface area contributed by atoms with E-state index in [0.717, 1.165) is 0 Å². The van der Waals surface area contributed by atoms with Gasteiger partial charge in [-0.05, 0) is 6.92 Å². The molecule has 0 aromatic rings. The molecule has 0 aliphatic heterocycles. The highest BCUT2D eigenvalue weighted by atomic mass is 16.3. The Morgan fingerprint density at radius 1 is 1.40 bits per heavy atom. The molecule has 0 rings (SSSR count). The lowest BCUT2D eigenvalue weighted by atomic mass is 9.87. The molecule has 0 radical (unpaired) electrons. The number of aliphatic hydroxyl groups is 2. The summed E-state index contributed by atoms with van der Waals surface area (Å²) in [5.41, 5.74) is -0.875. The quantitative estimate of drug-likeness (QED) is 0.557. The smallest absolute Gasteiger partial charge is 0.249 e. The minimum absolute atomic E-state index is 0.0220. The molecule has 0 bridgehead atoms. The van der Waals surface area contributed by atoms with Crippen molar-refractivity contribution in [3.63, 3.8) is 0 Å². The molecule has 0 aromatic heterocycles. The van der Waals surface area contributed by atoms with Crippen LogP contribution in [0.2, 0.25) is 0 Å². The van der Waals surface area contributed by atoms with E-state index in [4.69, 9.17) is 5.11 Å². The standard InChI is InChI=1S/C10H19NO4/c1-7(13)4-5-11-9(15)8(14)10(2,3)6-12/h8,12,14H,4-6H2,1-3H3,(H,11,15)/t8-/m1/s1. The van der Waals surface area contributed by atoms with Gasteiger partial charge in [-0.3, -0.25) is 9.59 Å². The van der Waals surface area contributed by atoms with E-state index in [1.54, 1.807) is 13.8 Å². The van der Waals surface area contributed by atoms with Gasteiger partial charge in [-0.1, -0.05) is 13.8 Å². The molecule has 88 valence electrons. The van der Waals surface area contributed by atoms with E-state index in [0.29, 0.717) is 0 Å². The predicted octanol–water partition coefficient (Wildman–Crippen LogP) is -0.539. The summed E-state index contributed by atoms with van der Waals surface area (Å²) in [4.78, 5) is 21.9. The highest BCUT2D eigenvalue weighted by Gasteiger charge is 2.32. The van der Waals surface area contributed by atoms with Crippen molar-refractivity contribution in [2.24, 2.45) is 5.41 Å². The Labute approximate surface area is 89.5 Å². The van der Waals surface area contributed by atoms with Crippen molar-refractivity contribution in [3.05, 3.63) is 0 Å². The first kappa shape index (κ1) is 14.1. The van der Waals surface area contributed by atoms with Crippen LogP contribution in [-0.2, 0) is 9.59 Å². The molecule has 0 aliphatic rings. The first-order chi connectivity index (χ1) is 6.81. The van der Waals surface area contributed by atoms with Gasteiger partial charge in [0.25, 0.3) is 0 Å². The number of aliphatic hydroxyl groups excluding tert-OH is 2. The average molecular weight is 217 g/mol. The molecule has 15 heavy (non-hydrogen) atoms. The lowest BCUT2D eigenvalue weighted by Gasteiger charge is -2.27. The molecule has 0 heterocycles. The summed E-state index contributed by atoms with van der Waals surface area (Å²) >= 11 is 0. The summed E-state index contributed by atoms with van der Waals surface area (Å²) in [6.07, 6.45) is -1.02.